The van der Waals surface area contributed by atoms with Crippen LogP contribution in [0.5, 0.6) is 0 Å². The van der Waals surface area contributed by atoms with Gasteiger partial charge in [-0.3, -0.25) is 24.2 Å². The molecule has 0 radical (unpaired) electrons. The lowest BCUT2D eigenvalue weighted by atomic mass is 10.0. The molecule has 12 N–H and O–H groups in total. The Morgan fingerprint density at radius 1 is 0.917 bits per heavy atom. The summed E-state index contributed by atoms with van der Waals surface area (Å²) >= 11 is 0. The predicted octanol–water partition coefficient (Wildman–Crippen LogP) is -3.07. The average Bonchev–Trinajstić information content (AvgIpc) is 3.34. The molecule has 0 saturated carbocycles. The number of hydrogen-bond acceptors (Lipinski definition) is 8. The number of guanidine groups is 1. The van der Waals surface area contributed by atoms with E-state index in [1.807, 2.05) is 0 Å². The van der Waals surface area contributed by atoms with E-state index in [0.717, 1.165) is 6.42 Å². The van der Waals surface area contributed by atoms with Crippen LogP contribution in [-0.4, -0.2) is 89.6 Å². The highest BCUT2D eigenvalue weighted by Gasteiger charge is 2.31. The van der Waals surface area contributed by atoms with Gasteiger partial charge in [-0.15, -0.1) is 0 Å². The van der Waals surface area contributed by atoms with Crippen LogP contribution in [0, 0.1) is 0 Å². The molecule has 0 spiro atoms. The molecular formula is C21H38N8O7. The van der Waals surface area contributed by atoms with E-state index < -0.39 is 54.3 Å². The molecule has 3 amide bonds. The molecule has 15 nitrogen and oxygen atoms in total. The highest BCUT2D eigenvalue weighted by Crippen LogP contribution is 2.09. The molecule has 204 valence electrons. The number of aliphatic carboxylic acids is 2. The normalized spacial score (nSPS) is 17.3. The summed E-state index contributed by atoms with van der Waals surface area (Å²) in [7, 11) is 0. The quantitative estimate of drug-likeness (QED) is 0.0534. The first-order valence-corrected chi connectivity index (χ1v) is 11.9. The number of carbonyl (C=O) groups is 5. The Labute approximate surface area is 209 Å². The molecule has 1 saturated heterocycles. The van der Waals surface area contributed by atoms with Gasteiger partial charge in [0, 0.05) is 6.54 Å². The SMILES string of the molecule is NCCCCC(NC(=O)C1CCCN1)C(=O)NC(CCCN=C(N)N)C(=O)NC(CC(=O)O)C(=O)O. The van der Waals surface area contributed by atoms with Crippen molar-refractivity contribution in [3.63, 3.8) is 0 Å². The molecule has 0 aliphatic carbocycles. The molecule has 4 atom stereocenters. The van der Waals surface area contributed by atoms with Crippen molar-refractivity contribution in [3.05, 3.63) is 0 Å². The van der Waals surface area contributed by atoms with Crippen molar-refractivity contribution < 1.29 is 34.2 Å². The van der Waals surface area contributed by atoms with Crippen molar-refractivity contribution in [1.82, 2.24) is 21.3 Å². The number of amides is 3. The molecule has 0 bridgehead atoms. The van der Waals surface area contributed by atoms with Gasteiger partial charge in [0.1, 0.15) is 18.1 Å². The zero-order valence-electron chi connectivity index (χ0n) is 20.2. The molecule has 1 aliphatic rings. The number of rotatable bonds is 17. The van der Waals surface area contributed by atoms with Gasteiger partial charge in [0.05, 0.1) is 12.5 Å². The summed E-state index contributed by atoms with van der Waals surface area (Å²) in [6.07, 6.45) is 2.36. The first-order chi connectivity index (χ1) is 17.0. The summed E-state index contributed by atoms with van der Waals surface area (Å²) in [6.45, 7) is 1.24. The van der Waals surface area contributed by atoms with Crippen molar-refractivity contribution >= 4 is 35.6 Å². The van der Waals surface area contributed by atoms with Gasteiger partial charge in [-0.2, -0.15) is 0 Å². The van der Waals surface area contributed by atoms with E-state index in [0.29, 0.717) is 32.4 Å². The van der Waals surface area contributed by atoms with Crippen molar-refractivity contribution in [3.8, 4) is 0 Å². The van der Waals surface area contributed by atoms with Crippen LogP contribution in [0.15, 0.2) is 4.99 Å². The van der Waals surface area contributed by atoms with Crippen LogP contribution in [0.2, 0.25) is 0 Å². The fraction of sp³-hybridized carbons (Fsp3) is 0.714. The maximum atomic E-state index is 13.1. The summed E-state index contributed by atoms with van der Waals surface area (Å²) in [4.78, 5) is 64.7. The molecule has 36 heavy (non-hydrogen) atoms. The van der Waals surface area contributed by atoms with Crippen molar-refractivity contribution in [2.45, 2.75) is 75.5 Å². The number of hydrogen-bond donors (Lipinski definition) is 9. The van der Waals surface area contributed by atoms with E-state index in [1.165, 1.54) is 0 Å². The number of unbranched alkanes of at least 4 members (excludes halogenated alkanes) is 1. The maximum absolute atomic E-state index is 13.1. The Kier molecular flexibility index (Phi) is 13.8. The van der Waals surface area contributed by atoms with Gasteiger partial charge in [0.25, 0.3) is 0 Å². The number of aliphatic imine (C=N–C) groups is 1. The number of carboxylic acid groups (broad SMARTS) is 2. The Hall–Kier alpha value is -3.46. The van der Waals surface area contributed by atoms with Gasteiger partial charge >= 0.3 is 11.9 Å². The molecule has 0 aromatic rings. The minimum Gasteiger partial charge on any atom is -0.481 e. The van der Waals surface area contributed by atoms with Gasteiger partial charge in [-0.05, 0) is 58.0 Å². The topological polar surface area (TPSA) is 264 Å². The second-order valence-corrected chi connectivity index (χ2v) is 8.50. The minimum atomic E-state index is -1.69. The zero-order valence-corrected chi connectivity index (χ0v) is 20.2. The monoisotopic (exact) mass is 514 g/mol. The largest absolute Gasteiger partial charge is 0.481 e. The Balaban J connectivity index is 2.97. The third-order valence-corrected chi connectivity index (χ3v) is 5.53. The Bertz CT molecular complexity index is 797. The molecule has 1 rings (SSSR count). The second-order valence-electron chi connectivity index (χ2n) is 8.50. The van der Waals surface area contributed by atoms with Crippen LogP contribution >= 0.6 is 0 Å². The number of nitrogens with two attached hydrogens (primary N) is 3. The molecule has 1 heterocycles. The molecule has 1 fully saturated rings. The van der Waals surface area contributed by atoms with Crippen molar-refractivity contribution in [2.24, 2.45) is 22.2 Å². The second kappa shape index (κ2) is 16.3. The zero-order chi connectivity index (χ0) is 27.1. The molecule has 0 aromatic carbocycles. The van der Waals surface area contributed by atoms with Gasteiger partial charge in [0.2, 0.25) is 17.7 Å². The van der Waals surface area contributed by atoms with Crippen LogP contribution in [0.3, 0.4) is 0 Å². The minimum absolute atomic E-state index is 0.0292. The van der Waals surface area contributed by atoms with E-state index in [2.05, 4.69) is 26.3 Å². The van der Waals surface area contributed by atoms with Crippen LogP contribution < -0.4 is 38.5 Å². The lowest BCUT2D eigenvalue weighted by Gasteiger charge is -2.25. The van der Waals surface area contributed by atoms with Crippen molar-refractivity contribution in [2.75, 3.05) is 19.6 Å². The predicted molar refractivity (Wildman–Crippen MR) is 130 cm³/mol. The first kappa shape index (κ1) is 30.6. The fourth-order valence-electron chi connectivity index (χ4n) is 3.63. The highest BCUT2D eigenvalue weighted by atomic mass is 16.4. The van der Waals surface area contributed by atoms with E-state index in [-0.39, 0.29) is 37.7 Å². The van der Waals surface area contributed by atoms with Gasteiger partial charge in [-0.1, -0.05) is 0 Å². The molecule has 0 aromatic heterocycles. The summed E-state index contributed by atoms with van der Waals surface area (Å²) < 4.78 is 0. The molecule has 1 aliphatic heterocycles. The summed E-state index contributed by atoms with van der Waals surface area (Å²) in [5, 5.41) is 28.6. The van der Waals surface area contributed by atoms with Crippen molar-refractivity contribution in [1.29, 1.82) is 0 Å². The lowest BCUT2D eigenvalue weighted by molar-refractivity contribution is -0.147. The van der Waals surface area contributed by atoms with Crippen LogP contribution in [0.4, 0.5) is 0 Å². The van der Waals surface area contributed by atoms with Crippen LogP contribution in [0.25, 0.3) is 0 Å². The number of carbonyl (C=O) groups excluding carboxylic acids is 3. The van der Waals surface area contributed by atoms with E-state index in [9.17, 15) is 29.1 Å². The number of nitrogens with zero attached hydrogens (tertiary/aromatic N) is 1. The van der Waals surface area contributed by atoms with Gasteiger partial charge < -0.3 is 48.7 Å². The molecule has 15 heteroatoms. The molecule has 4 unspecified atom stereocenters. The Morgan fingerprint density at radius 2 is 1.53 bits per heavy atom. The number of nitrogens with one attached hydrogen (secondary N) is 4. The summed E-state index contributed by atoms with van der Waals surface area (Å²) in [5.74, 6) is -4.96. The smallest absolute Gasteiger partial charge is 0.326 e. The highest BCUT2D eigenvalue weighted by molar-refractivity contribution is 5.94. The first-order valence-electron chi connectivity index (χ1n) is 11.9. The van der Waals surface area contributed by atoms with Crippen LogP contribution in [0.1, 0.15) is 51.4 Å². The third kappa shape index (κ3) is 11.8. The Morgan fingerprint density at radius 3 is 2.06 bits per heavy atom. The van der Waals surface area contributed by atoms with Crippen LogP contribution in [-0.2, 0) is 24.0 Å². The lowest BCUT2D eigenvalue weighted by Crippen LogP contribution is -2.57. The summed E-state index contributed by atoms with van der Waals surface area (Å²) in [6, 6.07) is -4.28. The number of carboxylic acids is 2. The van der Waals surface area contributed by atoms with E-state index >= 15 is 0 Å². The summed E-state index contributed by atoms with van der Waals surface area (Å²) in [5.41, 5.74) is 16.1. The fourth-order valence-corrected chi connectivity index (χ4v) is 3.63. The van der Waals surface area contributed by atoms with E-state index in [1.54, 1.807) is 0 Å². The van der Waals surface area contributed by atoms with Gasteiger partial charge in [0.15, 0.2) is 5.96 Å². The standard InChI is InChI=1S/C21H38N8O7/c22-8-2-1-5-13(27-17(32)12-6-3-9-25-12)18(33)28-14(7-4-10-26-21(23)24)19(34)29-15(20(35)36)11-16(30)31/h12-15,25H,1-11,22H2,(H,27,32)(H,28,33)(H,29,34)(H,30,31)(H,35,36)(H4,23,24,26). The van der Waals surface area contributed by atoms with Gasteiger partial charge in [-0.25, -0.2) is 4.79 Å². The molecular weight excluding hydrogens is 476 g/mol. The third-order valence-electron chi connectivity index (χ3n) is 5.53. The maximum Gasteiger partial charge on any atom is 0.326 e. The van der Waals surface area contributed by atoms with E-state index in [4.69, 9.17) is 22.3 Å². The average molecular weight is 515 g/mol.